The number of hydrogen-bond acceptors (Lipinski definition) is 2. The van der Waals surface area contributed by atoms with Crippen molar-refractivity contribution in [3.63, 3.8) is 0 Å². The minimum absolute atomic E-state index is 0.424. The fraction of sp³-hybridized carbons (Fsp3) is 0.273. The highest BCUT2D eigenvalue weighted by Gasteiger charge is 2.22. The Morgan fingerprint density at radius 3 is 2.67 bits per heavy atom. The molecule has 1 unspecified atom stereocenters. The van der Waals surface area contributed by atoms with Crippen LogP contribution in [0.1, 0.15) is 29.7 Å². The Balaban J connectivity index is 1.64. The van der Waals surface area contributed by atoms with Crippen LogP contribution in [0.5, 0.6) is 0 Å². The molecule has 0 saturated heterocycles. The normalized spacial score (nSPS) is 15.9. The molecule has 2 nitrogen and oxygen atoms in total. The van der Waals surface area contributed by atoms with E-state index in [1.807, 2.05) is 7.05 Å². The van der Waals surface area contributed by atoms with Gasteiger partial charge in [0.05, 0.1) is 0 Å². The summed E-state index contributed by atoms with van der Waals surface area (Å²) >= 11 is 0. The second-order valence-corrected chi connectivity index (χ2v) is 6.70. The van der Waals surface area contributed by atoms with E-state index in [9.17, 15) is 0 Å². The number of hydrogen-bond donors (Lipinski definition) is 1. The Hall–Kier alpha value is -2.32. The zero-order chi connectivity index (χ0) is 16.5. The Labute approximate surface area is 144 Å². The van der Waals surface area contributed by atoms with E-state index in [-0.39, 0.29) is 0 Å². The quantitative estimate of drug-likeness (QED) is 0.731. The lowest BCUT2D eigenvalue weighted by Crippen LogP contribution is -2.33. The van der Waals surface area contributed by atoms with Crippen molar-refractivity contribution in [1.29, 1.82) is 0 Å². The molecule has 3 aromatic carbocycles. The van der Waals surface area contributed by atoms with Crippen LogP contribution in [0, 0.1) is 0 Å². The maximum atomic E-state index is 3.24. The number of fused-ring (bicyclic) bond motifs is 2. The third kappa shape index (κ3) is 2.67. The van der Waals surface area contributed by atoms with Crippen molar-refractivity contribution in [1.82, 2.24) is 4.90 Å². The van der Waals surface area contributed by atoms with Gasteiger partial charge in [0.25, 0.3) is 0 Å². The van der Waals surface area contributed by atoms with Crippen molar-refractivity contribution in [2.75, 3.05) is 18.9 Å². The van der Waals surface area contributed by atoms with Gasteiger partial charge in [0, 0.05) is 31.9 Å². The number of anilines is 1. The highest BCUT2D eigenvalue weighted by atomic mass is 15.2. The van der Waals surface area contributed by atoms with Crippen LogP contribution in [0.3, 0.4) is 0 Å². The third-order valence-corrected chi connectivity index (χ3v) is 5.36. The molecule has 4 rings (SSSR count). The fourth-order valence-corrected chi connectivity index (χ4v) is 3.87. The molecule has 1 atom stereocenters. The first-order valence-electron chi connectivity index (χ1n) is 8.77. The van der Waals surface area contributed by atoms with Gasteiger partial charge in [-0.2, -0.15) is 0 Å². The molecular weight excluding hydrogens is 292 g/mol. The molecule has 24 heavy (non-hydrogen) atoms. The maximum absolute atomic E-state index is 3.24. The SMILES string of the molecule is CNc1ccc2c(c1)CCN(C(C)c1cccc3ccccc13)C2. The first kappa shape index (κ1) is 15.2. The second kappa shape index (κ2) is 6.29. The third-order valence-electron chi connectivity index (χ3n) is 5.36. The lowest BCUT2D eigenvalue weighted by Gasteiger charge is -2.34. The minimum atomic E-state index is 0.424. The Morgan fingerprint density at radius 1 is 0.958 bits per heavy atom. The van der Waals surface area contributed by atoms with Gasteiger partial charge in [0.2, 0.25) is 0 Å². The van der Waals surface area contributed by atoms with Crippen molar-refractivity contribution < 1.29 is 0 Å². The summed E-state index contributed by atoms with van der Waals surface area (Å²) in [7, 11) is 1.99. The van der Waals surface area contributed by atoms with E-state index < -0.39 is 0 Å². The van der Waals surface area contributed by atoms with Crippen LogP contribution in [0.4, 0.5) is 5.69 Å². The van der Waals surface area contributed by atoms with Gasteiger partial charge in [-0.25, -0.2) is 0 Å². The minimum Gasteiger partial charge on any atom is -0.388 e. The summed E-state index contributed by atoms with van der Waals surface area (Å²) in [4.78, 5) is 2.60. The van der Waals surface area contributed by atoms with Crippen LogP contribution in [-0.4, -0.2) is 18.5 Å². The van der Waals surface area contributed by atoms with Crippen molar-refractivity contribution in [3.8, 4) is 0 Å². The van der Waals surface area contributed by atoms with E-state index in [1.165, 1.54) is 33.2 Å². The predicted octanol–water partition coefficient (Wildman–Crippen LogP) is 5.00. The molecule has 0 bridgehead atoms. The van der Waals surface area contributed by atoms with Gasteiger partial charge in [0.1, 0.15) is 0 Å². The number of rotatable bonds is 3. The van der Waals surface area contributed by atoms with Gasteiger partial charge >= 0.3 is 0 Å². The molecule has 1 N–H and O–H groups in total. The zero-order valence-electron chi connectivity index (χ0n) is 14.4. The van der Waals surface area contributed by atoms with E-state index in [0.29, 0.717) is 6.04 Å². The van der Waals surface area contributed by atoms with Crippen LogP contribution >= 0.6 is 0 Å². The molecule has 1 aliphatic rings. The molecule has 0 aliphatic carbocycles. The molecule has 0 amide bonds. The molecule has 122 valence electrons. The average Bonchev–Trinajstić information content (AvgIpc) is 2.66. The van der Waals surface area contributed by atoms with Crippen molar-refractivity contribution in [2.45, 2.75) is 25.9 Å². The summed E-state index contributed by atoms with van der Waals surface area (Å²) in [6, 6.07) is 22.6. The number of benzene rings is 3. The molecule has 1 heterocycles. The smallest absolute Gasteiger partial charge is 0.0340 e. The van der Waals surface area contributed by atoms with Crippen molar-refractivity contribution in [3.05, 3.63) is 77.4 Å². The monoisotopic (exact) mass is 316 g/mol. The van der Waals surface area contributed by atoms with E-state index in [0.717, 1.165) is 19.5 Å². The largest absolute Gasteiger partial charge is 0.388 e. The van der Waals surface area contributed by atoms with Gasteiger partial charge in [-0.1, -0.05) is 48.5 Å². The molecule has 1 aliphatic heterocycles. The molecule has 2 heteroatoms. The van der Waals surface area contributed by atoms with Crippen LogP contribution in [0.15, 0.2) is 60.7 Å². The number of nitrogens with zero attached hydrogens (tertiary/aromatic N) is 1. The van der Waals surface area contributed by atoms with E-state index in [4.69, 9.17) is 0 Å². The Kier molecular flexibility index (Phi) is 3.99. The lowest BCUT2D eigenvalue weighted by atomic mass is 9.94. The fourth-order valence-electron chi connectivity index (χ4n) is 3.87. The van der Waals surface area contributed by atoms with Crippen LogP contribution in [0.25, 0.3) is 10.8 Å². The van der Waals surface area contributed by atoms with E-state index in [2.05, 4.69) is 77.8 Å². The summed E-state index contributed by atoms with van der Waals surface area (Å²) in [5, 5.41) is 5.95. The van der Waals surface area contributed by atoms with Gasteiger partial charge in [-0.05, 0) is 52.9 Å². The van der Waals surface area contributed by atoms with Crippen LogP contribution < -0.4 is 5.32 Å². The molecule has 0 aromatic heterocycles. The molecule has 0 saturated carbocycles. The summed E-state index contributed by atoms with van der Waals surface area (Å²) in [5.41, 5.74) is 5.60. The van der Waals surface area contributed by atoms with Crippen molar-refractivity contribution >= 4 is 16.5 Å². The Morgan fingerprint density at radius 2 is 1.79 bits per heavy atom. The standard InChI is InChI=1S/C22H24N2/c1-16(21-9-5-7-17-6-3-4-8-22(17)21)24-13-12-18-14-20(23-2)11-10-19(18)15-24/h3-11,14,16,23H,12-13,15H2,1-2H3. The molecule has 0 radical (unpaired) electrons. The van der Waals surface area contributed by atoms with Gasteiger partial charge < -0.3 is 5.32 Å². The van der Waals surface area contributed by atoms with Gasteiger partial charge in [-0.3, -0.25) is 4.90 Å². The number of nitrogens with one attached hydrogen (secondary N) is 1. The zero-order valence-corrected chi connectivity index (χ0v) is 14.4. The topological polar surface area (TPSA) is 15.3 Å². The first-order chi connectivity index (χ1) is 11.8. The molecule has 0 fully saturated rings. The van der Waals surface area contributed by atoms with Crippen molar-refractivity contribution in [2.24, 2.45) is 0 Å². The lowest BCUT2D eigenvalue weighted by molar-refractivity contribution is 0.193. The molecule has 3 aromatic rings. The molecule has 0 spiro atoms. The highest BCUT2D eigenvalue weighted by Crippen LogP contribution is 2.32. The predicted molar refractivity (Wildman–Crippen MR) is 102 cm³/mol. The first-order valence-corrected chi connectivity index (χ1v) is 8.77. The maximum Gasteiger partial charge on any atom is 0.0340 e. The summed E-state index contributed by atoms with van der Waals surface area (Å²) < 4.78 is 0. The van der Waals surface area contributed by atoms with E-state index >= 15 is 0 Å². The van der Waals surface area contributed by atoms with Gasteiger partial charge in [-0.15, -0.1) is 0 Å². The summed E-state index contributed by atoms with van der Waals surface area (Å²) in [6.07, 6.45) is 1.12. The average molecular weight is 316 g/mol. The summed E-state index contributed by atoms with van der Waals surface area (Å²) in [6.45, 7) is 4.49. The van der Waals surface area contributed by atoms with Gasteiger partial charge in [0.15, 0.2) is 0 Å². The Bertz CT molecular complexity index is 863. The van der Waals surface area contributed by atoms with Crippen LogP contribution in [-0.2, 0) is 13.0 Å². The summed E-state index contributed by atoms with van der Waals surface area (Å²) in [5.74, 6) is 0. The highest BCUT2D eigenvalue weighted by molar-refractivity contribution is 5.86. The second-order valence-electron chi connectivity index (χ2n) is 6.70. The van der Waals surface area contributed by atoms with Crippen LogP contribution in [0.2, 0.25) is 0 Å². The molecular formula is C22H24N2. The van der Waals surface area contributed by atoms with E-state index in [1.54, 1.807) is 0 Å².